The fourth-order valence-corrected chi connectivity index (χ4v) is 2.13. The van der Waals surface area contributed by atoms with Gasteiger partial charge in [0.1, 0.15) is 6.61 Å². The summed E-state index contributed by atoms with van der Waals surface area (Å²) >= 11 is 0. The topological polar surface area (TPSA) is 50.9 Å². The summed E-state index contributed by atoms with van der Waals surface area (Å²) in [4.78, 5) is 0. The summed E-state index contributed by atoms with van der Waals surface area (Å²) in [5.74, 6) is 0.569. The van der Waals surface area contributed by atoms with Crippen LogP contribution in [0.3, 0.4) is 0 Å². The summed E-state index contributed by atoms with van der Waals surface area (Å²) in [6.45, 7) is 3.93. The molecule has 0 saturated heterocycles. The zero-order valence-corrected chi connectivity index (χ0v) is 11.7. The first-order chi connectivity index (χ1) is 9.84. The molecule has 2 rings (SSSR count). The van der Waals surface area contributed by atoms with Gasteiger partial charge in [-0.3, -0.25) is 0 Å². The molecule has 0 radical (unpaired) electrons. The maximum absolute atomic E-state index is 13.1. The Hall–Kier alpha value is -1.89. The number of aromatic nitrogens is 3. The number of benzene rings is 1. The van der Waals surface area contributed by atoms with Crippen molar-refractivity contribution in [3.8, 4) is 11.4 Å². The summed E-state index contributed by atoms with van der Waals surface area (Å²) < 4.78 is 40.9. The van der Waals surface area contributed by atoms with Gasteiger partial charge in [-0.25, -0.2) is 0 Å². The summed E-state index contributed by atoms with van der Waals surface area (Å²) in [6, 6.07) is 5.24. The molecule has 21 heavy (non-hydrogen) atoms. The van der Waals surface area contributed by atoms with Crippen LogP contribution in [0, 0.1) is 5.92 Å². The van der Waals surface area contributed by atoms with Crippen LogP contribution in [-0.4, -0.2) is 19.9 Å². The fraction of sp³-hybridized carbons (Fsp3) is 0.429. The quantitative estimate of drug-likeness (QED) is 0.943. The highest BCUT2D eigenvalue weighted by molar-refractivity contribution is 5.61. The Morgan fingerprint density at radius 3 is 2.43 bits per heavy atom. The van der Waals surface area contributed by atoms with E-state index < -0.39 is 11.7 Å². The number of alkyl halides is 3. The van der Waals surface area contributed by atoms with Crippen LogP contribution >= 0.6 is 0 Å². The molecular weight excluding hydrogens is 283 g/mol. The summed E-state index contributed by atoms with van der Waals surface area (Å²) in [6.07, 6.45) is -4.47. The van der Waals surface area contributed by atoms with Crippen molar-refractivity contribution in [1.82, 2.24) is 14.8 Å². The second kappa shape index (κ2) is 5.85. The number of nitrogens with zero attached hydrogens (tertiary/aromatic N) is 3. The van der Waals surface area contributed by atoms with Gasteiger partial charge < -0.3 is 9.67 Å². The first kappa shape index (κ1) is 15.5. The Balaban J connectivity index is 2.60. The number of rotatable bonds is 4. The lowest BCUT2D eigenvalue weighted by atomic mass is 10.1. The summed E-state index contributed by atoms with van der Waals surface area (Å²) in [5, 5.41) is 16.9. The number of aliphatic hydroxyl groups excluding tert-OH is 1. The lowest BCUT2D eigenvalue weighted by molar-refractivity contribution is -0.137. The number of hydrogen-bond donors (Lipinski definition) is 1. The molecule has 2 aromatic rings. The first-order valence-corrected chi connectivity index (χ1v) is 6.54. The van der Waals surface area contributed by atoms with E-state index in [0.717, 1.165) is 6.07 Å². The van der Waals surface area contributed by atoms with Crippen LogP contribution in [0.2, 0.25) is 0 Å². The van der Waals surface area contributed by atoms with Gasteiger partial charge in [0.05, 0.1) is 5.56 Å². The minimum atomic E-state index is -4.47. The van der Waals surface area contributed by atoms with Gasteiger partial charge in [-0.05, 0) is 12.0 Å². The van der Waals surface area contributed by atoms with Crippen molar-refractivity contribution in [1.29, 1.82) is 0 Å². The maximum Gasteiger partial charge on any atom is 0.417 e. The van der Waals surface area contributed by atoms with Crippen LogP contribution in [0.4, 0.5) is 13.2 Å². The summed E-state index contributed by atoms with van der Waals surface area (Å²) in [5.41, 5.74) is -0.787. The third-order valence-corrected chi connectivity index (χ3v) is 2.99. The molecule has 0 aliphatic heterocycles. The molecule has 114 valence electrons. The predicted molar refractivity (Wildman–Crippen MR) is 71.2 cm³/mol. The summed E-state index contributed by atoms with van der Waals surface area (Å²) in [7, 11) is 0. The predicted octanol–water partition coefficient (Wildman–Crippen LogP) is 3.11. The Bertz CT molecular complexity index is 620. The average Bonchev–Trinajstić information content (AvgIpc) is 2.79. The molecule has 7 heteroatoms. The molecule has 0 spiro atoms. The number of halogens is 3. The monoisotopic (exact) mass is 299 g/mol. The minimum Gasteiger partial charge on any atom is -0.388 e. The van der Waals surface area contributed by atoms with E-state index in [1.54, 1.807) is 0 Å². The van der Waals surface area contributed by atoms with E-state index in [4.69, 9.17) is 0 Å². The van der Waals surface area contributed by atoms with Crippen LogP contribution in [0.5, 0.6) is 0 Å². The van der Waals surface area contributed by atoms with Gasteiger partial charge in [-0.1, -0.05) is 32.0 Å². The van der Waals surface area contributed by atoms with Crippen LogP contribution < -0.4 is 0 Å². The van der Waals surface area contributed by atoms with Crippen LogP contribution in [0.25, 0.3) is 11.4 Å². The van der Waals surface area contributed by atoms with Crippen molar-refractivity contribution in [2.45, 2.75) is 33.2 Å². The molecule has 1 aromatic carbocycles. The molecule has 1 aromatic heterocycles. The normalized spacial score (nSPS) is 12.1. The van der Waals surface area contributed by atoms with E-state index in [-0.39, 0.29) is 29.7 Å². The third-order valence-electron chi connectivity index (χ3n) is 2.99. The van der Waals surface area contributed by atoms with Gasteiger partial charge in [0.15, 0.2) is 11.6 Å². The molecule has 4 nitrogen and oxygen atoms in total. The highest BCUT2D eigenvalue weighted by Gasteiger charge is 2.34. The third kappa shape index (κ3) is 3.24. The molecule has 0 bridgehead atoms. The fourth-order valence-electron chi connectivity index (χ4n) is 2.13. The lowest BCUT2D eigenvalue weighted by Crippen LogP contribution is -2.13. The SMILES string of the molecule is CC(C)Cn1c(CO)nnc1-c1ccccc1C(F)(F)F. The molecule has 0 fully saturated rings. The minimum absolute atomic E-state index is 0.0298. The smallest absolute Gasteiger partial charge is 0.388 e. The molecular formula is C14H16F3N3O. The maximum atomic E-state index is 13.1. The van der Waals surface area contributed by atoms with Crippen molar-refractivity contribution in [2.75, 3.05) is 0 Å². The molecule has 1 heterocycles. The largest absolute Gasteiger partial charge is 0.417 e. The second-order valence-electron chi connectivity index (χ2n) is 5.15. The average molecular weight is 299 g/mol. The molecule has 0 aliphatic rings. The van der Waals surface area contributed by atoms with Gasteiger partial charge in [0.2, 0.25) is 0 Å². The Morgan fingerprint density at radius 2 is 1.86 bits per heavy atom. The van der Waals surface area contributed by atoms with E-state index in [1.165, 1.54) is 22.8 Å². The van der Waals surface area contributed by atoms with Crippen molar-refractivity contribution in [2.24, 2.45) is 5.92 Å². The Kier molecular flexibility index (Phi) is 4.32. The zero-order chi connectivity index (χ0) is 15.6. The molecule has 0 amide bonds. The van der Waals surface area contributed by atoms with E-state index in [1.807, 2.05) is 13.8 Å². The molecule has 0 saturated carbocycles. The lowest BCUT2D eigenvalue weighted by Gasteiger charge is -2.15. The second-order valence-corrected chi connectivity index (χ2v) is 5.15. The first-order valence-electron chi connectivity index (χ1n) is 6.54. The Morgan fingerprint density at radius 1 is 1.19 bits per heavy atom. The van der Waals surface area contributed by atoms with Gasteiger partial charge in [0.25, 0.3) is 0 Å². The Labute approximate surface area is 120 Å². The van der Waals surface area contributed by atoms with Crippen LogP contribution in [0.1, 0.15) is 25.2 Å². The van der Waals surface area contributed by atoms with E-state index in [9.17, 15) is 18.3 Å². The van der Waals surface area contributed by atoms with Gasteiger partial charge in [0, 0.05) is 12.1 Å². The molecule has 0 atom stereocenters. The van der Waals surface area contributed by atoms with E-state index in [2.05, 4.69) is 10.2 Å². The molecule has 0 aliphatic carbocycles. The van der Waals surface area contributed by atoms with Crippen molar-refractivity contribution >= 4 is 0 Å². The van der Waals surface area contributed by atoms with Crippen molar-refractivity contribution in [3.63, 3.8) is 0 Å². The van der Waals surface area contributed by atoms with Crippen molar-refractivity contribution < 1.29 is 18.3 Å². The number of hydrogen-bond acceptors (Lipinski definition) is 3. The highest BCUT2D eigenvalue weighted by Crippen LogP contribution is 2.36. The molecule has 1 N–H and O–H groups in total. The molecule has 0 unspecified atom stereocenters. The van der Waals surface area contributed by atoms with Crippen LogP contribution in [0.15, 0.2) is 24.3 Å². The van der Waals surface area contributed by atoms with Gasteiger partial charge >= 0.3 is 6.18 Å². The van der Waals surface area contributed by atoms with Crippen LogP contribution in [-0.2, 0) is 19.3 Å². The van der Waals surface area contributed by atoms with Crippen molar-refractivity contribution in [3.05, 3.63) is 35.7 Å². The van der Waals surface area contributed by atoms with Gasteiger partial charge in [-0.2, -0.15) is 13.2 Å². The number of aliphatic hydroxyl groups is 1. The standard InChI is InChI=1S/C14H16F3N3O/c1-9(2)7-20-12(8-21)18-19-13(20)10-5-3-4-6-11(10)14(15,16)17/h3-6,9,21H,7-8H2,1-2H3. The van der Waals surface area contributed by atoms with E-state index >= 15 is 0 Å². The van der Waals surface area contributed by atoms with Gasteiger partial charge in [-0.15, -0.1) is 10.2 Å². The zero-order valence-electron chi connectivity index (χ0n) is 11.7. The van der Waals surface area contributed by atoms with E-state index in [0.29, 0.717) is 6.54 Å². The highest BCUT2D eigenvalue weighted by atomic mass is 19.4.